The van der Waals surface area contributed by atoms with Crippen LogP contribution >= 0.6 is 0 Å². The molecule has 0 unspecified atom stereocenters. The minimum Gasteiger partial charge on any atom is -0.508 e. The number of benzene rings is 4. The molecule has 0 bridgehead atoms. The van der Waals surface area contributed by atoms with Crippen molar-refractivity contribution in [1.82, 2.24) is 9.97 Å². The maximum atomic E-state index is 10.2. The summed E-state index contributed by atoms with van der Waals surface area (Å²) in [6, 6.07) is 25.3. The van der Waals surface area contributed by atoms with Crippen LogP contribution in [0.5, 0.6) is 11.5 Å². The Bertz CT molecular complexity index is 2140. The summed E-state index contributed by atoms with van der Waals surface area (Å²) in [5.74, 6) is 1.20. The standard InChI is InChI=1S/C47H56N4O2/c1-8-21-50(22-9-2)42-30-48-47(40-19-13-11-17-38(40)42)45-34(6)28-37(29-35(45)7)53-25-16-15-24-51(23-10-3)43-31-49-46(41-20-14-12-18-39(41)43)44-32(4)26-36(52)27-33(44)5/h11-14,17-20,26-31,52H,8-10,15-16,21-25H2,1-7H3. The second-order valence-electron chi connectivity index (χ2n) is 14.5. The summed E-state index contributed by atoms with van der Waals surface area (Å²) in [4.78, 5) is 15.1. The van der Waals surface area contributed by atoms with Gasteiger partial charge in [0, 0.05) is 58.9 Å². The van der Waals surface area contributed by atoms with Crippen LogP contribution in [0.25, 0.3) is 44.1 Å². The lowest BCUT2D eigenvalue weighted by atomic mass is 9.95. The van der Waals surface area contributed by atoms with E-state index < -0.39 is 0 Å². The molecule has 4 aromatic carbocycles. The Hall–Kier alpha value is -5.10. The predicted octanol–water partition coefficient (Wildman–Crippen LogP) is 11.8. The Morgan fingerprint density at radius 3 is 1.42 bits per heavy atom. The average molecular weight is 709 g/mol. The SMILES string of the molecule is CCCN(CCC)c1cnc(-c2c(C)cc(OCCCCN(CCC)c3cnc(-c4c(C)cc(O)cc4C)c4ccccc34)cc2C)c2ccccc12. The largest absolute Gasteiger partial charge is 0.508 e. The number of ether oxygens (including phenoxy) is 1. The molecule has 0 atom stereocenters. The number of fused-ring (bicyclic) bond motifs is 2. The molecule has 6 heteroatoms. The van der Waals surface area contributed by atoms with E-state index in [1.54, 1.807) is 0 Å². The van der Waals surface area contributed by atoms with Crippen molar-refractivity contribution in [2.75, 3.05) is 42.6 Å². The fourth-order valence-electron chi connectivity index (χ4n) is 8.06. The molecular weight excluding hydrogens is 653 g/mol. The minimum absolute atomic E-state index is 0.290. The van der Waals surface area contributed by atoms with Crippen molar-refractivity contribution in [1.29, 1.82) is 0 Å². The fraction of sp³-hybridized carbons (Fsp3) is 0.362. The van der Waals surface area contributed by atoms with Crippen LogP contribution in [0.2, 0.25) is 0 Å². The van der Waals surface area contributed by atoms with Crippen LogP contribution in [0.15, 0.2) is 85.2 Å². The summed E-state index contributed by atoms with van der Waals surface area (Å²) in [6.45, 7) is 19.8. The molecule has 0 saturated carbocycles. The molecule has 6 aromatic rings. The monoisotopic (exact) mass is 708 g/mol. The first-order valence-electron chi connectivity index (χ1n) is 19.6. The number of hydrogen-bond donors (Lipinski definition) is 1. The fourth-order valence-corrected chi connectivity index (χ4v) is 8.06. The zero-order valence-electron chi connectivity index (χ0n) is 32.8. The third kappa shape index (κ3) is 8.12. The molecule has 0 aliphatic rings. The van der Waals surface area contributed by atoms with Gasteiger partial charge >= 0.3 is 0 Å². The molecule has 0 saturated heterocycles. The number of pyridine rings is 2. The molecule has 6 rings (SSSR count). The van der Waals surface area contributed by atoms with Gasteiger partial charge in [0.1, 0.15) is 11.5 Å². The van der Waals surface area contributed by atoms with Crippen LogP contribution in [0.1, 0.15) is 75.1 Å². The van der Waals surface area contributed by atoms with Gasteiger partial charge in [0.2, 0.25) is 0 Å². The van der Waals surface area contributed by atoms with Crippen LogP contribution in [0.4, 0.5) is 11.4 Å². The number of rotatable bonds is 16. The van der Waals surface area contributed by atoms with E-state index in [9.17, 15) is 5.11 Å². The highest BCUT2D eigenvalue weighted by molar-refractivity contribution is 6.03. The van der Waals surface area contributed by atoms with E-state index in [0.29, 0.717) is 12.4 Å². The van der Waals surface area contributed by atoms with Gasteiger partial charge in [-0.25, -0.2) is 0 Å². The van der Waals surface area contributed by atoms with Gasteiger partial charge in [0.25, 0.3) is 0 Å². The number of aryl methyl sites for hydroxylation is 4. The summed E-state index contributed by atoms with van der Waals surface area (Å²) < 4.78 is 6.39. The molecule has 2 heterocycles. The van der Waals surface area contributed by atoms with Crippen LogP contribution in [0.3, 0.4) is 0 Å². The lowest BCUT2D eigenvalue weighted by Crippen LogP contribution is -2.26. The highest BCUT2D eigenvalue weighted by atomic mass is 16.5. The second-order valence-corrected chi connectivity index (χ2v) is 14.5. The Morgan fingerprint density at radius 2 is 0.962 bits per heavy atom. The summed E-state index contributed by atoms with van der Waals surface area (Å²) in [5.41, 5.74) is 11.1. The maximum absolute atomic E-state index is 10.2. The van der Waals surface area contributed by atoms with Crippen LogP contribution < -0.4 is 14.5 Å². The van der Waals surface area contributed by atoms with Crippen molar-refractivity contribution in [3.63, 3.8) is 0 Å². The summed E-state index contributed by atoms with van der Waals surface area (Å²) in [7, 11) is 0. The van der Waals surface area contributed by atoms with Gasteiger partial charge in [-0.3, -0.25) is 9.97 Å². The zero-order valence-corrected chi connectivity index (χ0v) is 32.8. The van der Waals surface area contributed by atoms with Crippen molar-refractivity contribution in [2.45, 2.75) is 80.6 Å². The number of nitrogens with zero attached hydrogens (tertiary/aromatic N) is 4. The molecule has 1 N–H and O–H groups in total. The van der Waals surface area contributed by atoms with E-state index in [2.05, 4.69) is 111 Å². The predicted molar refractivity (Wildman–Crippen MR) is 225 cm³/mol. The third-order valence-electron chi connectivity index (χ3n) is 10.3. The van der Waals surface area contributed by atoms with E-state index in [-0.39, 0.29) is 0 Å². The molecule has 53 heavy (non-hydrogen) atoms. The average Bonchev–Trinajstić information content (AvgIpc) is 3.14. The molecule has 0 spiro atoms. The Morgan fingerprint density at radius 1 is 0.547 bits per heavy atom. The lowest BCUT2D eigenvalue weighted by molar-refractivity contribution is 0.307. The van der Waals surface area contributed by atoms with Crippen LogP contribution in [-0.2, 0) is 0 Å². The number of unbranched alkanes of at least 4 members (excludes halogenated alkanes) is 1. The van der Waals surface area contributed by atoms with Crippen molar-refractivity contribution in [2.24, 2.45) is 0 Å². The van der Waals surface area contributed by atoms with Gasteiger partial charge in [-0.2, -0.15) is 0 Å². The van der Waals surface area contributed by atoms with E-state index in [1.165, 1.54) is 44.2 Å². The normalized spacial score (nSPS) is 11.4. The lowest BCUT2D eigenvalue weighted by Gasteiger charge is -2.26. The zero-order chi connectivity index (χ0) is 37.5. The molecule has 2 aromatic heterocycles. The quantitative estimate of drug-likeness (QED) is 0.101. The van der Waals surface area contributed by atoms with Crippen LogP contribution in [-0.4, -0.2) is 47.9 Å². The summed E-state index contributed by atoms with van der Waals surface area (Å²) >= 11 is 0. The molecule has 0 fully saturated rings. The molecule has 6 nitrogen and oxygen atoms in total. The summed E-state index contributed by atoms with van der Waals surface area (Å²) in [6.07, 6.45) is 9.36. The van der Waals surface area contributed by atoms with Gasteiger partial charge in [-0.1, -0.05) is 69.3 Å². The highest BCUT2D eigenvalue weighted by Gasteiger charge is 2.19. The number of phenols is 1. The van der Waals surface area contributed by atoms with Gasteiger partial charge in [-0.05, 0) is 106 Å². The number of anilines is 2. The molecule has 276 valence electrons. The van der Waals surface area contributed by atoms with Gasteiger partial charge < -0.3 is 19.6 Å². The van der Waals surface area contributed by atoms with Crippen molar-refractivity contribution < 1.29 is 9.84 Å². The first-order chi connectivity index (χ1) is 25.7. The Kier molecular flexibility index (Phi) is 12.2. The van der Waals surface area contributed by atoms with E-state index in [1.807, 2.05) is 32.2 Å². The Labute approximate surface area is 316 Å². The first kappa shape index (κ1) is 37.7. The molecule has 0 amide bonds. The maximum Gasteiger partial charge on any atom is 0.119 e. The van der Waals surface area contributed by atoms with E-state index >= 15 is 0 Å². The molecule has 0 aliphatic carbocycles. The van der Waals surface area contributed by atoms with Crippen molar-refractivity contribution >= 4 is 32.9 Å². The van der Waals surface area contributed by atoms with Crippen molar-refractivity contribution in [3.05, 3.63) is 107 Å². The Balaban J connectivity index is 1.15. The number of aromatic nitrogens is 2. The number of hydrogen-bond acceptors (Lipinski definition) is 6. The molecule has 0 radical (unpaired) electrons. The molecular formula is C47H56N4O2. The smallest absolute Gasteiger partial charge is 0.119 e. The van der Waals surface area contributed by atoms with Gasteiger partial charge in [0.05, 0.1) is 41.8 Å². The minimum atomic E-state index is 0.290. The van der Waals surface area contributed by atoms with Gasteiger partial charge in [0.15, 0.2) is 0 Å². The second kappa shape index (κ2) is 17.2. The highest BCUT2D eigenvalue weighted by Crippen LogP contribution is 2.39. The number of phenolic OH excluding ortho intramolecular Hbond substituents is 1. The van der Waals surface area contributed by atoms with Crippen LogP contribution in [0, 0.1) is 27.7 Å². The van der Waals surface area contributed by atoms with E-state index in [0.717, 1.165) is 97.5 Å². The first-order valence-corrected chi connectivity index (χ1v) is 19.6. The van der Waals surface area contributed by atoms with Gasteiger partial charge in [-0.15, -0.1) is 0 Å². The summed E-state index contributed by atoms with van der Waals surface area (Å²) in [5, 5.41) is 15.0. The topological polar surface area (TPSA) is 61.7 Å². The molecule has 0 aliphatic heterocycles. The number of aromatic hydroxyl groups is 1. The van der Waals surface area contributed by atoms with Crippen molar-refractivity contribution in [3.8, 4) is 34.0 Å². The third-order valence-corrected chi connectivity index (χ3v) is 10.3. The van der Waals surface area contributed by atoms with E-state index in [4.69, 9.17) is 14.7 Å².